The van der Waals surface area contributed by atoms with Crippen molar-refractivity contribution in [1.29, 1.82) is 0 Å². The standard InChI is InChI=1S/C17H21FN2O/c1-20(2)11-12-4-6-13(7-5-12)17(19)15-9-8-14(21-3)10-16(15)18/h4-10,17H,11,19H2,1-3H3. The molecule has 0 fully saturated rings. The predicted octanol–water partition coefficient (Wildman–Crippen LogP) is 2.94. The molecule has 0 bridgehead atoms. The van der Waals surface area contributed by atoms with Gasteiger partial charge in [0, 0.05) is 18.2 Å². The van der Waals surface area contributed by atoms with Gasteiger partial charge in [0.1, 0.15) is 11.6 Å². The molecule has 3 nitrogen and oxygen atoms in total. The second kappa shape index (κ2) is 6.70. The van der Waals surface area contributed by atoms with E-state index in [0.717, 1.165) is 12.1 Å². The number of methoxy groups -OCH3 is 1. The van der Waals surface area contributed by atoms with Crippen molar-refractivity contribution >= 4 is 0 Å². The molecule has 21 heavy (non-hydrogen) atoms. The maximum Gasteiger partial charge on any atom is 0.132 e. The van der Waals surface area contributed by atoms with Crippen LogP contribution in [0, 0.1) is 5.82 Å². The van der Waals surface area contributed by atoms with Crippen LogP contribution in [0.5, 0.6) is 5.75 Å². The van der Waals surface area contributed by atoms with Gasteiger partial charge in [-0.05, 0) is 31.3 Å². The number of ether oxygens (including phenoxy) is 1. The van der Waals surface area contributed by atoms with Crippen molar-refractivity contribution < 1.29 is 9.13 Å². The summed E-state index contributed by atoms with van der Waals surface area (Å²) in [5.41, 5.74) is 8.73. The Morgan fingerprint density at radius 1 is 1.14 bits per heavy atom. The van der Waals surface area contributed by atoms with Gasteiger partial charge < -0.3 is 15.4 Å². The van der Waals surface area contributed by atoms with Gasteiger partial charge in [0.2, 0.25) is 0 Å². The molecular weight excluding hydrogens is 267 g/mol. The smallest absolute Gasteiger partial charge is 0.132 e. The lowest BCUT2D eigenvalue weighted by atomic mass is 9.98. The monoisotopic (exact) mass is 288 g/mol. The number of hydrogen-bond donors (Lipinski definition) is 1. The third-order valence-corrected chi connectivity index (χ3v) is 3.38. The summed E-state index contributed by atoms with van der Waals surface area (Å²) in [5, 5.41) is 0. The fourth-order valence-electron chi connectivity index (χ4n) is 2.26. The average molecular weight is 288 g/mol. The third-order valence-electron chi connectivity index (χ3n) is 3.38. The van der Waals surface area contributed by atoms with Crippen LogP contribution in [0.25, 0.3) is 0 Å². The number of nitrogens with two attached hydrogens (primary N) is 1. The fourth-order valence-corrected chi connectivity index (χ4v) is 2.26. The van der Waals surface area contributed by atoms with E-state index in [1.807, 2.05) is 38.4 Å². The summed E-state index contributed by atoms with van der Waals surface area (Å²) in [6, 6.07) is 12.2. The summed E-state index contributed by atoms with van der Waals surface area (Å²) in [5.74, 6) is 0.143. The van der Waals surface area contributed by atoms with Crippen LogP contribution in [-0.2, 0) is 6.54 Å². The number of hydrogen-bond acceptors (Lipinski definition) is 3. The van der Waals surface area contributed by atoms with Crippen molar-refractivity contribution in [3.05, 3.63) is 65.0 Å². The van der Waals surface area contributed by atoms with Crippen molar-refractivity contribution in [2.24, 2.45) is 5.73 Å². The molecule has 0 amide bonds. The number of benzene rings is 2. The summed E-state index contributed by atoms with van der Waals surface area (Å²) in [7, 11) is 5.55. The zero-order valence-electron chi connectivity index (χ0n) is 12.6. The van der Waals surface area contributed by atoms with Crippen molar-refractivity contribution in [2.45, 2.75) is 12.6 Å². The predicted molar refractivity (Wildman–Crippen MR) is 82.8 cm³/mol. The lowest BCUT2D eigenvalue weighted by Gasteiger charge is -2.15. The first-order valence-electron chi connectivity index (χ1n) is 6.84. The van der Waals surface area contributed by atoms with Gasteiger partial charge in [0.05, 0.1) is 13.2 Å². The highest BCUT2D eigenvalue weighted by atomic mass is 19.1. The molecule has 2 aromatic carbocycles. The van der Waals surface area contributed by atoms with Gasteiger partial charge in [-0.15, -0.1) is 0 Å². The van der Waals surface area contributed by atoms with E-state index in [4.69, 9.17) is 10.5 Å². The molecule has 0 saturated carbocycles. The third kappa shape index (κ3) is 3.80. The Labute approximate surface area is 125 Å². The van der Waals surface area contributed by atoms with Gasteiger partial charge >= 0.3 is 0 Å². The lowest BCUT2D eigenvalue weighted by molar-refractivity contribution is 0.402. The minimum Gasteiger partial charge on any atom is -0.497 e. The lowest BCUT2D eigenvalue weighted by Crippen LogP contribution is -2.14. The first kappa shape index (κ1) is 15.5. The number of nitrogens with zero attached hydrogens (tertiary/aromatic N) is 1. The molecule has 4 heteroatoms. The quantitative estimate of drug-likeness (QED) is 0.919. The first-order valence-corrected chi connectivity index (χ1v) is 6.84. The Balaban J connectivity index is 2.21. The highest BCUT2D eigenvalue weighted by Crippen LogP contribution is 2.25. The van der Waals surface area contributed by atoms with Crippen LogP contribution in [0.15, 0.2) is 42.5 Å². The van der Waals surface area contributed by atoms with Gasteiger partial charge in [-0.1, -0.05) is 30.3 Å². The molecule has 0 aliphatic carbocycles. The van der Waals surface area contributed by atoms with Crippen molar-refractivity contribution in [3.8, 4) is 5.75 Å². The summed E-state index contributed by atoms with van der Waals surface area (Å²) in [6.07, 6.45) is 0. The van der Waals surface area contributed by atoms with Gasteiger partial charge in [-0.2, -0.15) is 0 Å². The van der Waals surface area contributed by atoms with E-state index in [-0.39, 0.29) is 5.82 Å². The second-order valence-corrected chi connectivity index (χ2v) is 5.34. The van der Waals surface area contributed by atoms with Crippen molar-refractivity contribution in [1.82, 2.24) is 4.90 Å². The molecule has 112 valence electrons. The topological polar surface area (TPSA) is 38.5 Å². The molecule has 0 saturated heterocycles. The number of halogens is 1. The maximum absolute atomic E-state index is 14.1. The Hall–Kier alpha value is -1.91. The molecule has 1 atom stereocenters. The molecule has 0 aromatic heterocycles. The highest BCUT2D eigenvalue weighted by molar-refractivity contribution is 5.37. The minimum atomic E-state index is -0.482. The molecular formula is C17H21FN2O. The van der Waals surface area contributed by atoms with E-state index in [9.17, 15) is 4.39 Å². The summed E-state index contributed by atoms with van der Waals surface area (Å²) in [4.78, 5) is 2.10. The molecule has 1 unspecified atom stereocenters. The van der Waals surface area contributed by atoms with Crippen molar-refractivity contribution in [3.63, 3.8) is 0 Å². The van der Waals surface area contributed by atoms with Crippen LogP contribution < -0.4 is 10.5 Å². The molecule has 2 N–H and O–H groups in total. The van der Waals surface area contributed by atoms with E-state index in [2.05, 4.69) is 4.90 Å². The van der Waals surface area contributed by atoms with E-state index < -0.39 is 6.04 Å². The van der Waals surface area contributed by atoms with Crippen LogP contribution in [0.1, 0.15) is 22.7 Å². The molecule has 2 rings (SSSR count). The van der Waals surface area contributed by atoms with Gasteiger partial charge in [0.25, 0.3) is 0 Å². The van der Waals surface area contributed by atoms with Gasteiger partial charge in [-0.25, -0.2) is 4.39 Å². The normalized spacial score (nSPS) is 12.5. The van der Waals surface area contributed by atoms with E-state index in [0.29, 0.717) is 11.3 Å². The van der Waals surface area contributed by atoms with Crippen LogP contribution in [0.3, 0.4) is 0 Å². The zero-order chi connectivity index (χ0) is 15.4. The largest absolute Gasteiger partial charge is 0.497 e. The molecule has 0 aliphatic heterocycles. The Morgan fingerprint density at radius 3 is 2.33 bits per heavy atom. The number of rotatable bonds is 5. The Morgan fingerprint density at radius 2 is 1.81 bits per heavy atom. The summed E-state index contributed by atoms with van der Waals surface area (Å²) in [6.45, 7) is 0.867. The van der Waals surface area contributed by atoms with Gasteiger partial charge in [0.15, 0.2) is 0 Å². The summed E-state index contributed by atoms with van der Waals surface area (Å²) < 4.78 is 19.1. The van der Waals surface area contributed by atoms with Crippen LogP contribution in [-0.4, -0.2) is 26.1 Å². The first-order chi connectivity index (χ1) is 10.0. The van der Waals surface area contributed by atoms with E-state index in [1.165, 1.54) is 18.7 Å². The van der Waals surface area contributed by atoms with E-state index in [1.54, 1.807) is 12.1 Å². The van der Waals surface area contributed by atoms with Crippen LogP contribution in [0.2, 0.25) is 0 Å². The molecule has 2 aromatic rings. The summed E-state index contributed by atoms with van der Waals surface area (Å²) >= 11 is 0. The van der Waals surface area contributed by atoms with Gasteiger partial charge in [-0.3, -0.25) is 0 Å². The van der Waals surface area contributed by atoms with E-state index >= 15 is 0 Å². The SMILES string of the molecule is COc1ccc(C(N)c2ccc(CN(C)C)cc2)c(F)c1. The molecule has 0 heterocycles. The molecule has 0 aliphatic rings. The highest BCUT2D eigenvalue weighted by Gasteiger charge is 2.14. The zero-order valence-corrected chi connectivity index (χ0v) is 12.6. The molecule has 0 radical (unpaired) electrons. The Kier molecular flexibility index (Phi) is 4.94. The Bertz CT molecular complexity index is 596. The van der Waals surface area contributed by atoms with Crippen LogP contribution in [0.4, 0.5) is 4.39 Å². The van der Waals surface area contributed by atoms with Crippen LogP contribution >= 0.6 is 0 Å². The molecule has 0 spiro atoms. The minimum absolute atomic E-state index is 0.348. The fraction of sp³-hybridized carbons (Fsp3) is 0.294. The maximum atomic E-state index is 14.1. The second-order valence-electron chi connectivity index (χ2n) is 5.34. The van der Waals surface area contributed by atoms with Crippen molar-refractivity contribution in [2.75, 3.05) is 21.2 Å². The average Bonchev–Trinajstić information content (AvgIpc) is 2.46.